The summed E-state index contributed by atoms with van der Waals surface area (Å²) < 4.78 is 5.44. The molecule has 1 fully saturated rings. The zero-order chi connectivity index (χ0) is 15.6. The molecule has 0 atom stereocenters. The van der Waals surface area contributed by atoms with E-state index >= 15 is 0 Å². The third-order valence-electron chi connectivity index (χ3n) is 4.51. The highest BCUT2D eigenvalue weighted by Gasteiger charge is 2.21. The minimum absolute atomic E-state index is 0.749. The number of benzene rings is 1. The summed E-state index contributed by atoms with van der Waals surface area (Å²) in [5.41, 5.74) is 3.70. The van der Waals surface area contributed by atoms with Crippen LogP contribution in [0.5, 0.6) is 0 Å². The highest BCUT2D eigenvalue weighted by Crippen LogP contribution is 2.33. The van der Waals surface area contributed by atoms with Crippen molar-refractivity contribution in [1.82, 2.24) is 9.97 Å². The summed E-state index contributed by atoms with van der Waals surface area (Å²) in [6.07, 6.45) is 2.31. The van der Waals surface area contributed by atoms with E-state index in [1.807, 2.05) is 6.92 Å². The molecule has 1 aromatic carbocycles. The Balaban J connectivity index is 1.71. The topological polar surface area (TPSA) is 41.5 Å². The molecule has 5 heteroatoms. The summed E-state index contributed by atoms with van der Waals surface area (Å²) in [5, 5.41) is 0. The highest BCUT2D eigenvalue weighted by atomic mass is 16.5. The predicted octanol–water partition coefficient (Wildman–Crippen LogP) is 2.71. The molecule has 0 spiro atoms. The normalized spacial score (nSPS) is 18.0. The van der Waals surface area contributed by atoms with Crippen LogP contribution in [0.2, 0.25) is 0 Å². The van der Waals surface area contributed by atoms with Gasteiger partial charge in [0.15, 0.2) is 0 Å². The minimum Gasteiger partial charge on any atom is -0.378 e. The Morgan fingerprint density at radius 3 is 2.74 bits per heavy atom. The lowest BCUT2D eigenvalue weighted by molar-refractivity contribution is 0.122. The Kier molecular flexibility index (Phi) is 3.87. The molecule has 2 aromatic rings. The molecule has 0 N–H and O–H groups in total. The van der Waals surface area contributed by atoms with Crippen molar-refractivity contribution >= 4 is 17.5 Å². The first-order chi connectivity index (χ1) is 11.3. The average molecular weight is 310 g/mol. The second-order valence-electron chi connectivity index (χ2n) is 6.15. The van der Waals surface area contributed by atoms with Gasteiger partial charge in [-0.1, -0.05) is 18.2 Å². The molecule has 0 radical (unpaired) electrons. The number of hydrogen-bond donors (Lipinski definition) is 0. The zero-order valence-corrected chi connectivity index (χ0v) is 13.5. The molecule has 0 unspecified atom stereocenters. The number of rotatable bonds is 2. The van der Waals surface area contributed by atoms with Crippen LogP contribution in [-0.2, 0) is 11.2 Å². The molecule has 5 nitrogen and oxygen atoms in total. The van der Waals surface area contributed by atoms with Crippen LogP contribution in [0.1, 0.15) is 17.7 Å². The Hall–Kier alpha value is -2.14. The smallest absolute Gasteiger partial charge is 0.227 e. The van der Waals surface area contributed by atoms with Crippen molar-refractivity contribution in [2.24, 2.45) is 0 Å². The van der Waals surface area contributed by atoms with Crippen LogP contribution < -0.4 is 9.80 Å². The molecule has 23 heavy (non-hydrogen) atoms. The maximum Gasteiger partial charge on any atom is 0.227 e. The SMILES string of the molecule is Cc1cc(N2CCCc3ccccc32)nc(N2CCOCC2)n1. The van der Waals surface area contributed by atoms with E-state index in [1.54, 1.807) is 0 Å². The van der Waals surface area contributed by atoms with Crippen molar-refractivity contribution in [2.45, 2.75) is 19.8 Å². The van der Waals surface area contributed by atoms with Crippen LogP contribution in [0.25, 0.3) is 0 Å². The Morgan fingerprint density at radius 2 is 1.87 bits per heavy atom. The van der Waals surface area contributed by atoms with Gasteiger partial charge in [-0.25, -0.2) is 4.98 Å². The molecule has 2 aliphatic rings. The maximum absolute atomic E-state index is 5.44. The van der Waals surface area contributed by atoms with Crippen molar-refractivity contribution < 1.29 is 4.74 Å². The highest BCUT2D eigenvalue weighted by molar-refractivity contribution is 5.66. The Morgan fingerprint density at radius 1 is 1.04 bits per heavy atom. The van der Waals surface area contributed by atoms with E-state index in [0.717, 1.165) is 63.1 Å². The second kappa shape index (κ2) is 6.16. The molecule has 0 amide bonds. The van der Waals surface area contributed by atoms with Gasteiger partial charge in [-0.2, -0.15) is 4.98 Å². The van der Waals surface area contributed by atoms with E-state index in [-0.39, 0.29) is 0 Å². The maximum atomic E-state index is 5.44. The second-order valence-corrected chi connectivity index (χ2v) is 6.15. The van der Waals surface area contributed by atoms with Crippen molar-refractivity contribution in [2.75, 3.05) is 42.6 Å². The number of nitrogens with zero attached hydrogens (tertiary/aromatic N) is 4. The first kappa shape index (κ1) is 14.5. The molecule has 1 saturated heterocycles. The monoisotopic (exact) mass is 310 g/mol. The molecule has 0 aliphatic carbocycles. The quantitative estimate of drug-likeness (QED) is 0.853. The predicted molar refractivity (Wildman–Crippen MR) is 91.6 cm³/mol. The summed E-state index contributed by atoms with van der Waals surface area (Å²) in [4.78, 5) is 14.1. The molecular formula is C18H22N4O. The fourth-order valence-electron chi connectivity index (χ4n) is 3.35. The van der Waals surface area contributed by atoms with Gasteiger partial charge in [-0.15, -0.1) is 0 Å². The lowest BCUT2D eigenvalue weighted by Crippen LogP contribution is -2.37. The van der Waals surface area contributed by atoms with Gasteiger partial charge in [-0.3, -0.25) is 0 Å². The van der Waals surface area contributed by atoms with E-state index < -0.39 is 0 Å². The fourth-order valence-corrected chi connectivity index (χ4v) is 3.35. The van der Waals surface area contributed by atoms with Gasteiger partial charge >= 0.3 is 0 Å². The molecule has 0 bridgehead atoms. The fraction of sp³-hybridized carbons (Fsp3) is 0.444. The van der Waals surface area contributed by atoms with Crippen molar-refractivity contribution in [1.29, 1.82) is 0 Å². The number of hydrogen-bond acceptors (Lipinski definition) is 5. The standard InChI is InChI=1S/C18H22N4O/c1-14-13-17(20-18(19-14)21-9-11-23-12-10-21)22-8-4-6-15-5-2-3-7-16(15)22/h2-3,5,7,13H,4,6,8-12H2,1H3. The van der Waals surface area contributed by atoms with Crippen LogP contribution in [0, 0.1) is 6.92 Å². The van der Waals surface area contributed by atoms with E-state index in [1.165, 1.54) is 11.3 Å². The Labute approximate surface area is 136 Å². The number of ether oxygens (including phenoxy) is 1. The van der Waals surface area contributed by atoms with Crippen molar-refractivity contribution in [3.05, 3.63) is 41.6 Å². The van der Waals surface area contributed by atoms with E-state index in [9.17, 15) is 0 Å². The Bertz CT molecular complexity index is 697. The van der Waals surface area contributed by atoms with Gasteiger partial charge in [0.2, 0.25) is 5.95 Å². The summed E-state index contributed by atoms with van der Waals surface area (Å²) in [6.45, 7) is 6.28. The molecule has 3 heterocycles. The van der Waals surface area contributed by atoms with Gasteiger partial charge < -0.3 is 14.5 Å². The van der Waals surface area contributed by atoms with Crippen LogP contribution >= 0.6 is 0 Å². The van der Waals surface area contributed by atoms with E-state index in [2.05, 4.69) is 45.1 Å². The summed E-state index contributed by atoms with van der Waals surface area (Å²) in [7, 11) is 0. The lowest BCUT2D eigenvalue weighted by atomic mass is 10.0. The largest absolute Gasteiger partial charge is 0.378 e. The number of para-hydroxylation sites is 1. The number of aryl methyl sites for hydroxylation is 2. The number of fused-ring (bicyclic) bond motifs is 1. The van der Waals surface area contributed by atoms with Crippen LogP contribution in [0.4, 0.5) is 17.5 Å². The lowest BCUT2D eigenvalue weighted by Gasteiger charge is -2.32. The molecule has 0 saturated carbocycles. The van der Waals surface area contributed by atoms with Gasteiger partial charge in [-0.05, 0) is 31.4 Å². The van der Waals surface area contributed by atoms with Gasteiger partial charge in [0.1, 0.15) is 5.82 Å². The third kappa shape index (κ3) is 2.88. The van der Waals surface area contributed by atoms with Crippen molar-refractivity contribution in [3.63, 3.8) is 0 Å². The first-order valence-electron chi connectivity index (χ1n) is 8.35. The number of anilines is 3. The van der Waals surface area contributed by atoms with Crippen molar-refractivity contribution in [3.8, 4) is 0 Å². The zero-order valence-electron chi connectivity index (χ0n) is 13.5. The summed E-state index contributed by atoms with van der Waals surface area (Å²) in [5.74, 6) is 1.83. The molecular weight excluding hydrogens is 288 g/mol. The summed E-state index contributed by atoms with van der Waals surface area (Å²) >= 11 is 0. The summed E-state index contributed by atoms with van der Waals surface area (Å²) in [6, 6.07) is 10.7. The van der Waals surface area contributed by atoms with Crippen LogP contribution in [0.3, 0.4) is 0 Å². The molecule has 2 aliphatic heterocycles. The molecule has 4 rings (SSSR count). The van der Waals surface area contributed by atoms with Crippen LogP contribution in [-0.4, -0.2) is 42.8 Å². The van der Waals surface area contributed by atoms with E-state index in [4.69, 9.17) is 9.72 Å². The van der Waals surface area contributed by atoms with E-state index in [0.29, 0.717) is 0 Å². The number of morpholine rings is 1. The van der Waals surface area contributed by atoms with Gasteiger partial charge in [0.25, 0.3) is 0 Å². The minimum atomic E-state index is 0.749. The number of aromatic nitrogens is 2. The van der Waals surface area contributed by atoms with Crippen LogP contribution in [0.15, 0.2) is 30.3 Å². The third-order valence-corrected chi connectivity index (χ3v) is 4.51. The van der Waals surface area contributed by atoms with Gasteiger partial charge in [0.05, 0.1) is 13.2 Å². The van der Waals surface area contributed by atoms with Gasteiger partial charge in [0, 0.05) is 37.1 Å². The average Bonchev–Trinajstić information content (AvgIpc) is 2.61. The molecule has 1 aromatic heterocycles. The first-order valence-corrected chi connectivity index (χ1v) is 8.35. The molecule has 120 valence electrons.